The maximum Gasteiger partial charge on any atom is 0.191 e. The number of halogens is 1. The second-order valence-electron chi connectivity index (χ2n) is 4.58. The summed E-state index contributed by atoms with van der Waals surface area (Å²) in [5.74, 6) is 1.36. The molecule has 0 saturated carbocycles. The van der Waals surface area contributed by atoms with Crippen molar-refractivity contribution in [3.05, 3.63) is 59.8 Å². The van der Waals surface area contributed by atoms with E-state index in [1.165, 1.54) is 12.1 Å². The zero-order valence-corrected chi connectivity index (χ0v) is 12.1. The summed E-state index contributed by atoms with van der Waals surface area (Å²) in [6.07, 6.45) is 2.45. The Kier molecular flexibility index (Phi) is 5.82. The average Bonchev–Trinajstić information content (AvgIpc) is 3.00. The molecular weight excluding hydrogens is 269 g/mol. The molecule has 1 heterocycles. The SMILES string of the molecule is CCNC(=NCc1ccco1)NCCc1ccc(F)cc1. The van der Waals surface area contributed by atoms with Gasteiger partial charge in [0.1, 0.15) is 18.1 Å². The van der Waals surface area contributed by atoms with Crippen LogP contribution < -0.4 is 10.6 Å². The topological polar surface area (TPSA) is 49.6 Å². The third kappa shape index (κ3) is 5.30. The molecule has 0 atom stereocenters. The van der Waals surface area contributed by atoms with Gasteiger partial charge in [-0.1, -0.05) is 12.1 Å². The van der Waals surface area contributed by atoms with Crippen LogP contribution in [0.2, 0.25) is 0 Å². The normalized spacial score (nSPS) is 11.4. The van der Waals surface area contributed by atoms with Gasteiger partial charge in [-0.15, -0.1) is 0 Å². The predicted molar refractivity (Wildman–Crippen MR) is 81.6 cm³/mol. The highest BCUT2D eigenvalue weighted by Gasteiger charge is 1.99. The number of furan rings is 1. The molecule has 0 unspecified atom stereocenters. The Hall–Kier alpha value is -2.30. The van der Waals surface area contributed by atoms with Crippen LogP contribution in [0.1, 0.15) is 18.2 Å². The van der Waals surface area contributed by atoms with Gasteiger partial charge in [0.2, 0.25) is 0 Å². The molecule has 0 spiro atoms. The quantitative estimate of drug-likeness (QED) is 0.635. The Balaban J connectivity index is 1.82. The monoisotopic (exact) mass is 289 g/mol. The second-order valence-corrected chi connectivity index (χ2v) is 4.58. The molecule has 21 heavy (non-hydrogen) atoms. The summed E-state index contributed by atoms with van der Waals surface area (Å²) in [6.45, 7) is 4.04. The molecule has 5 heteroatoms. The van der Waals surface area contributed by atoms with Crippen molar-refractivity contribution in [1.82, 2.24) is 10.6 Å². The van der Waals surface area contributed by atoms with E-state index in [-0.39, 0.29) is 5.82 Å². The van der Waals surface area contributed by atoms with E-state index in [9.17, 15) is 4.39 Å². The lowest BCUT2D eigenvalue weighted by atomic mass is 10.1. The molecule has 2 aromatic rings. The molecule has 0 radical (unpaired) electrons. The first kappa shape index (κ1) is 15.1. The Labute approximate surface area is 124 Å². The van der Waals surface area contributed by atoms with Crippen LogP contribution in [0.25, 0.3) is 0 Å². The van der Waals surface area contributed by atoms with Crippen LogP contribution >= 0.6 is 0 Å². The summed E-state index contributed by atoms with van der Waals surface area (Å²) in [6, 6.07) is 10.3. The van der Waals surface area contributed by atoms with Gasteiger partial charge in [-0.3, -0.25) is 0 Å². The molecular formula is C16H20FN3O. The van der Waals surface area contributed by atoms with Crippen molar-refractivity contribution in [3.63, 3.8) is 0 Å². The summed E-state index contributed by atoms with van der Waals surface area (Å²) < 4.78 is 18.1. The molecule has 0 saturated heterocycles. The molecule has 0 aliphatic carbocycles. The second kappa shape index (κ2) is 8.09. The van der Waals surface area contributed by atoms with Gasteiger partial charge in [0.15, 0.2) is 5.96 Å². The summed E-state index contributed by atoms with van der Waals surface area (Å²) in [4.78, 5) is 4.44. The molecule has 2 N–H and O–H groups in total. The van der Waals surface area contributed by atoms with Gasteiger partial charge in [0, 0.05) is 13.1 Å². The van der Waals surface area contributed by atoms with E-state index < -0.39 is 0 Å². The van der Waals surface area contributed by atoms with Crippen molar-refractivity contribution in [2.45, 2.75) is 19.9 Å². The van der Waals surface area contributed by atoms with Crippen LogP contribution in [-0.2, 0) is 13.0 Å². The number of hydrogen-bond acceptors (Lipinski definition) is 2. The van der Waals surface area contributed by atoms with Gasteiger partial charge in [-0.05, 0) is 43.2 Å². The molecule has 1 aromatic carbocycles. The third-order valence-corrected chi connectivity index (χ3v) is 2.94. The zero-order valence-electron chi connectivity index (χ0n) is 12.1. The molecule has 0 aliphatic heterocycles. The fourth-order valence-corrected chi connectivity index (χ4v) is 1.88. The van der Waals surface area contributed by atoms with Gasteiger partial charge in [0.05, 0.1) is 6.26 Å². The standard InChI is InChI=1S/C16H20FN3O/c1-2-18-16(20-12-15-4-3-11-21-15)19-10-9-13-5-7-14(17)8-6-13/h3-8,11H,2,9-10,12H2,1H3,(H2,18,19,20). The number of nitrogens with one attached hydrogen (secondary N) is 2. The van der Waals surface area contributed by atoms with E-state index in [0.29, 0.717) is 6.54 Å². The van der Waals surface area contributed by atoms with Crippen molar-refractivity contribution >= 4 is 5.96 Å². The number of nitrogens with zero attached hydrogens (tertiary/aromatic N) is 1. The average molecular weight is 289 g/mol. The largest absolute Gasteiger partial charge is 0.467 e. The van der Waals surface area contributed by atoms with Gasteiger partial charge < -0.3 is 15.1 Å². The number of hydrogen-bond donors (Lipinski definition) is 2. The number of guanidine groups is 1. The predicted octanol–water partition coefficient (Wildman–Crippen LogP) is 2.72. The number of benzene rings is 1. The van der Waals surface area contributed by atoms with Crippen LogP contribution in [0.3, 0.4) is 0 Å². The number of rotatable bonds is 6. The minimum Gasteiger partial charge on any atom is -0.467 e. The van der Waals surface area contributed by atoms with E-state index in [1.807, 2.05) is 19.1 Å². The lowest BCUT2D eigenvalue weighted by Gasteiger charge is -2.11. The third-order valence-electron chi connectivity index (χ3n) is 2.94. The molecule has 0 fully saturated rings. The van der Waals surface area contributed by atoms with E-state index in [0.717, 1.165) is 36.8 Å². The molecule has 0 bridgehead atoms. The van der Waals surface area contributed by atoms with Crippen molar-refractivity contribution in [3.8, 4) is 0 Å². The highest BCUT2D eigenvalue weighted by atomic mass is 19.1. The van der Waals surface area contributed by atoms with Gasteiger partial charge in [0.25, 0.3) is 0 Å². The van der Waals surface area contributed by atoms with Gasteiger partial charge in [-0.25, -0.2) is 9.38 Å². The molecule has 2 rings (SSSR count). The van der Waals surface area contributed by atoms with Crippen molar-refractivity contribution in [2.24, 2.45) is 4.99 Å². The van der Waals surface area contributed by atoms with Crippen molar-refractivity contribution in [1.29, 1.82) is 0 Å². The highest BCUT2D eigenvalue weighted by Crippen LogP contribution is 2.03. The first-order valence-electron chi connectivity index (χ1n) is 7.07. The van der Waals surface area contributed by atoms with Gasteiger partial charge in [-0.2, -0.15) is 0 Å². The molecule has 112 valence electrons. The summed E-state index contributed by atoms with van der Waals surface area (Å²) in [7, 11) is 0. The first-order chi connectivity index (χ1) is 10.3. The van der Waals surface area contributed by atoms with Crippen LogP contribution in [0.15, 0.2) is 52.1 Å². The van der Waals surface area contributed by atoms with E-state index in [1.54, 1.807) is 18.4 Å². The number of aliphatic imine (C=N–C) groups is 1. The fraction of sp³-hybridized carbons (Fsp3) is 0.312. The Morgan fingerprint density at radius 2 is 2.00 bits per heavy atom. The van der Waals surface area contributed by atoms with Gasteiger partial charge >= 0.3 is 0 Å². The van der Waals surface area contributed by atoms with Crippen LogP contribution in [0.5, 0.6) is 0 Å². The summed E-state index contributed by atoms with van der Waals surface area (Å²) >= 11 is 0. The Bertz CT molecular complexity index is 549. The molecule has 4 nitrogen and oxygen atoms in total. The van der Waals surface area contributed by atoms with Crippen molar-refractivity contribution < 1.29 is 8.81 Å². The minimum absolute atomic E-state index is 0.208. The van der Waals surface area contributed by atoms with Crippen LogP contribution in [0, 0.1) is 5.82 Å². The Morgan fingerprint density at radius 3 is 2.67 bits per heavy atom. The van der Waals surface area contributed by atoms with E-state index >= 15 is 0 Å². The fourth-order valence-electron chi connectivity index (χ4n) is 1.88. The smallest absolute Gasteiger partial charge is 0.191 e. The van der Waals surface area contributed by atoms with E-state index in [4.69, 9.17) is 4.42 Å². The minimum atomic E-state index is -0.208. The molecule has 1 aromatic heterocycles. The van der Waals surface area contributed by atoms with Crippen molar-refractivity contribution in [2.75, 3.05) is 13.1 Å². The zero-order chi connectivity index (χ0) is 14.9. The maximum atomic E-state index is 12.8. The molecule has 0 amide bonds. The molecule has 0 aliphatic rings. The van der Waals surface area contributed by atoms with E-state index in [2.05, 4.69) is 15.6 Å². The Morgan fingerprint density at radius 1 is 1.19 bits per heavy atom. The lowest BCUT2D eigenvalue weighted by Crippen LogP contribution is -2.38. The maximum absolute atomic E-state index is 12.8. The van der Waals surface area contributed by atoms with Crippen LogP contribution in [0.4, 0.5) is 4.39 Å². The summed E-state index contributed by atoms with van der Waals surface area (Å²) in [5.41, 5.74) is 1.09. The van der Waals surface area contributed by atoms with Crippen LogP contribution in [-0.4, -0.2) is 19.0 Å². The summed E-state index contributed by atoms with van der Waals surface area (Å²) in [5, 5.41) is 6.43. The lowest BCUT2D eigenvalue weighted by molar-refractivity contribution is 0.512. The highest BCUT2D eigenvalue weighted by molar-refractivity contribution is 5.79. The first-order valence-corrected chi connectivity index (χ1v) is 7.07.